The molecule has 2 aromatic rings. The van der Waals surface area contributed by atoms with Crippen LogP contribution >= 0.6 is 0 Å². The smallest absolute Gasteiger partial charge is 0.229 e. The van der Waals surface area contributed by atoms with Gasteiger partial charge in [0.25, 0.3) is 0 Å². The number of rotatable bonds is 7. The Bertz CT molecular complexity index is 911. The number of benzene rings is 2. The van der Waals surface area contributed by atoms with Crippen LogP contribution in [0.4, 0.5) is 0 Å². The fraction of sp³-hybridized carbons (Fsp3) is 0.381. The van der Waals surface area contributed by atoms with Crippen LogP contribution in [-0.4, -0.2) is 78.8 Å². The minimum absolute atomic E-state index is 0.0475. The van der Waals surface area contributed by atoms with Crippen LogP contribution in [0.2, 0.25) is 0 Å². The van der Waals surface area contributed by atoms with Crippen LogP contribution < -0.4 is 4.74 Å². The number of aromatic hydroxyl groups is 3. The van der Waals surface area contributed by atoms with Crippen LogP contribution in [0.5, 0.6) is 23.0 Å². The van der Waals surface area contributed by atoms with Crippen molar-refractivity contribution in [1.29, 1.82) is 0 Å². The first-order valence-corrected chi connectivity index (χ1v) is 9.55. The molecule has 0 spiro atoms. The number of hydrogen-bond donors (Lipinski definition) is 7. The molecule has 10 nitrogen and oxygen atoms in total. The fourth-order valence-electron chi connectivity index (χ4n) is 3.30. The van der Waals surface area contributed by atoms with E-state index in [1.807, 2.05) is 0 Å². The molecule has 7 N–H and O–H groups in total. The van der Waals surface area contributed by atoms with Crippen LogP contribution in [0.3, 0.4) is 0 Å². The summed E-state index contributed by atoms with van der Waals surface area (Å²) < 4.78 is 10.7. The van der Waals surface area contributed by atoms with Gasteiger partial charge >= 0.3 is 0 Å². The molecule has 1 aliphatic rings. The molecule has 168 valence electrons. The highest BCUT2D eigenvalue weighted by molar-refractivity contribution is 6.01. The second-order valence-corrected chi connectivity index (χ2v) is 7.24. The number of aryl methyl sites for hydroxylation is 1. The van der Waals surface area contributed by atoms with Crippen molar-refractivity contribution in [3.63, 3.8) is 0 Å². The maximum atomic E-state index is 12.8. The minimum Gasteiger partial charge on any atom is -0.508 e. The molecule has 5 atom stereocenters. The summed E-state index contributed by atoms with van der Waals surface area (Å²) in [6.45, 7) is -0.672. The zero-order valence-corrected chi connectivity index (χ0v) is 16.3. The van der Waals surface area contributed by atoms with E-state index >= 15 is 0 Å². The summed E-state index contributed by atoms with van der Waals surface area (Å²) in [5.74, 6) is -1.74. The topological polar surface area (TPSA) is 177 Å². The fourth-order valence-corrected chi connectivity index (χ4v) is 3.30. The molecule has 3 rings (SSSR count). The second-order valence-electron chi connectivity index (χ2n) is 7.24. The standard InChI is InChI=1S/C21H24O10/c22-9-16-18(27)19(28)20(29)21(31-16)30-15-8-12(24)7-14(26)17(15)13(25)6-3-10-1-4-11(23)5-2-10/h1-2,4-5,7-8,16,18-24,26-29H,3,6,9H2/t16-,18?,19+,20-,21-/m1/s1. The number of phenols is 3. The van der Waals surface area contributed by atoms with Gasteiger partial charge in [0.2, 0.25) is 6.29 Å². The Morgan fingerprint density at radius 2 is 1.61 bits per heavy atom. The monoisotopic (exact) mass is 436 g/mol. The average Bonchev–Trinajstić information content (AvgIpc) is 2.73. The van der Waals surface area contributed by atoms with Crippen LogP contribution in [-0.2, 0) is 11.2 Å². The number of aliphatic hydroxyl groups excluding tert-OH is 4. The Labute approximate surface area is 177 Å². The number of carbonyl (C=O) groups excluding carboxylic acids is 1. The van der Waals surface area contributed by atoms with E-state index in [-0.39, 0.29) is 23.5 Å². The summed E-state index contributed by atoms with van der Waals surface area (Å²) in [5.41, 5.74) is 0.495. The second kappa shape index (κ2) is 9.50. The SMILES string of the molecule is O=C(CCc1ccc(O)cc1)c1c(O)cc(O)cc1O[C@@H]1O[C@H](CO)C(O)[C@H](O)[C@H]1O. The molecule has 0 saturated carbocycles. The maximum absolute atomic E-state index is 12.8. The summed E-state index contributed by atoms with van der Waals surface area (Å²) in [6.07, 6.45) is -7.61. The normalized spacial score (nSPS) is 25.9. The molecule has 0 amide bonds. The summed E-state index contributed by atoms with van der Waals surface area (Å²) >= 11 is 0. The van der Waals surface area contributed by atoms with E-state index in [2.05, 4.69) is 0 Å². The Balaban J connectivity index is 1.82. The molecule has 2 aromatic carbocycles. The van der Waals surface area contributed by atoms with E-state index < -0.39 is 54.6 Å². The highest BCUT2D eigenvalue weighted by Gasteiger charge is 2.45. The third-order valence-electron chi connectivity index (χ3n) is 5.01. The van der Waals surface area contributed by atoms with Gasteiger partial charge in [0, 0.05) is 18.6 Å². The zero-order valence-electron chi connectivity index (χ0n) is 16.3. The van der Waals surface area contributed by atoms with Crippen molar-refractivity contribution in [2.75, 3.05) is 6.61 Å². The first-order chi connectivity index (χ1) is 14.7. The van der Waals surface area contributed by atoms with Crippen LogP contribution in [0, 0.1) is 0 Å². The number of phenolic OH excluding ortho intramolecular Hbond substituents is 3. The first kappa shape index (κ1) is 22.8. The molecule has 1 fully saturated rings. The van der Waals surface area contributed by atoms with Crippen molar-refractivity contribution in [1.82, 2.24) is 0 Å². The van der Waals surface area contributed by atoms with E-state index in [9.17, 15) is 40.5 Å². The van der Waals surface area contributed by atoms with Crippen molar-refractivity contribution in [2.24, 2.45) is 0 Å². The zero-order chi connectivity index (χ0) is 22.7. The molecule has 10 heteroatoms. The molecule has 1 aliphatic heterocycles. The quantitative estimate of drug-likeness (QED) is 0.288. The number of aliphatic hydroxyl groups is 4. The Morgan fingerprint density at radius 1 is 0.935 bits per heavy atom. The molecule has 0 aromatic heterocycles. The number of hydrogen-bond acceptors (Lipinski definition) is 10. The highest BCUT2D eigenvalue weighted by atomic mass is 16.7. The molecular formula is C21H24O10. The van der Waals surface area contributed by atoms with E-state index in [1.165, 1.54) is 12.1 Å². The van der Waals surface area contributed by atoms with Crippen molar-refractivity contribution in [3.05, 3.63) is 47.5 Å². The summed E-state index contributed by atoms with van der Waals surface area (Å²) in [5, 5.41) is 68.6. The Kier molecular flexibility index (Phi) is 6.98. The van der Waals surface area contributed by atoms with Gasteiger partial charge in [-0.15, -0.1) is 0 Å². The predicted molar refractivity (Wildman–Crippen MR) is 105 cm³/mol. The molecule has 1 unspecified atom stereocenters. The van der Waals surface area contributed by atoms with Gasteiger partial charge in [0.1, 0.15) is 53.0 Å². The van der Waals surface area contributed by atoms with Crippen molar-refractivity contribution >= 4 is 5.78 Å². The van der Waals surface area contributed by atoms with Gasteiger partial charge in [-0.2, -0.15) is 0 Å². The van der Waals surface area contributed by atoms with E-state index in [0.29, 0.717) is 6.42 Å². The van der Waals surface area contributed by atoms with E-state index in [0.717, 1.165) is 17.7 Å². The maximum Gasteiger partial charge on any atom is 0.229 e. The van der Waals surface area contributed by atoms with E-state index in [1.54, 1.807) is 12.1 Å². The van der Waals surface area contributed by atoms with Gasteiger partial charge in [0.05, 0.1) is 6.61 Å². The number of ketones is 1. The lowest BCUT2D eigenvalue weighted by Crippen LogP contribution is -2.60. The predicted octanol–water partition coefficient (Wildman–Crippen LogP) is -0.202. The molecule has 0 aliphatic carbocycles. The molecular weight excluding hydrogens is 412 g/mol. The van der Waals surface area contributed by atoms with E-state index in [4.69, 9.17) is 9.47 Å². The summed E-state index contributed by atoms with van der Waals surface area (Å²) in [6, 6.07) is 8.23. The van der Waals surface area contributed by atoms with Crippen LogP contribution in [0.15, 0.2) is 36.4 Å². The van der Waals surface area contributed by atoms with Gasteiger partial charge in [0.15, 0.2) is 5.78 Å². The number of Topliss-reactive ketones (excluding diaryl/α,β-unsaturated/α-hetero) is 1. The number of carbonyl (C=O) groups is 1. The van der Waals surface area contributed by atoms with Crippen molar-refractivity contribution < 1.29 is 50.0 Å². The third-order valence-corrected chi connectivity index (χ3v) is 5.01. The van der Waals surface area contributed by atoms with Crippen molar-refractivity contribution in [3.8, 4) is 23.0 Å². The Morgan fingerprint density at radius 3 is 2.26 bits per heavy atom. The molecule has 0 bridgehead atoms. The third kappa shape index (κ3) is 5.06. The van der Waals surface area contributed by atoms with Gasteiger partial charge in [-0.1, -0.05) is 12.1 Å². The lowest BCUT2D eigenvalue weighted by atomic mass is 9.99. The highest BCUT2D eigenvalue weighted by Crippen LogP contribution is 2.36. The molecule has 1 heterocycles. The van der Waals surface area contributed by atoms with Gasteiger partial charge in [-0.3, -0.25) is 4.79 Å². The molecule has 31 heavy (non-hydrogen) atoms. The molecule has 0 radical (unpaired) electrons. The van der Waals surface area contributed by atoms with Gasteiger partial charge in [-0.25, -0.2) is 0 Å². The summed E-state index contributed by atoms with van der Waals surface area (Å²) in [7, 11) is 0. The summed E-state index contributed by atoms with van der Waals surface area (Å²) in [4.78, 5) is 12.8. The minimum atomic E-state index is -1.73. The Hall–Kier alpha value is -2.89. The van der Waals surface area contributed by atoms with Crippen LogP contribution in [0.1, 0.15) is 22.3 Å². The molecule has 1 saturated heterocycles. The van der Waals surface area contributed by atoms with Gasteiger partial charge < -0.3 is 45.2 Å². The first-order valence-electron chi connectivity index (χ1n) is 9.55. The van der Waals surface area contributed by atoms with Crippen molar-refractivity contribution in [2.45, 2.75) is 43.5 Å². The largest absolute Gasteiger partial charge is 0.508 e. The average molecular weight is 436 g/mol. The number of ether oxygens (including phenoxy) is 2. The lowest BCUT2D eigenvalue weighted by Gasteiger charge is -2.39. The van der Waals surface area contributed by atoms with Gasteiger partial charge in [-0.05, 0) is 24.1 Å². The lowest BCUT2D eigenvalue weighted by molar-refractivity contribution is -0.277. The van der Waals surface area contributed by atoms with Crippen LogP contribution in [0.25, 0.3) is 0 Å².